The number of aromatic nitrogens is 3. The summed E-state index contributed by atoms with van der Waals surface area (Å²) in [6.07, 6.45) is 3.63. The van der Waals surface area contributed by atoms with Crippen molar-refractivity contribution in [2.45, 2.75) is 57.5 Å². The van der Waals surface area contributed by atoms with Crippen LogP contribution in [0.5, 0.6) is 0 Å². The Balaban J connectivity index is 2.58. The lowest BCUT2D eigenvalue weighted by atomic mass is 9.95. The molecule has 7 heteroatoms. The van der Waals surface area contributed by atoms with Gasteiger partial charge in [-0.1, -0.05) is 12.8 Å². The molecule has 0 bridgehead atoms. The predicted octanol–water partition coefficient (Wildman–Crippen LogP) is 1.60. The monoisotopic (exact) mass is 314 g/mol. The molecule has 0 aliphatic heterocycles. The van der Waals surface area contributed by atoms with Gasteiger partial charge in [0, 0.05) is 20.1 Å². The molecule has 0 spiro atoms. The van der Waals surface area contributed by atoms with E-state index >= 15 is 0 Å². The molecule has 118 valence electrons. The summed E-state index contributed by atoms with van der Waals surface area (Å²) in [7, 11) is 1.82. The van der Waals surface area contributed by atoms with E-state index in [4.69, 9.17) is 11.6 Å². The molecule has 1 aliphatic carbocycles. The highest BCUT2D eigenvalue weighted by Crippen LogP contribution is 2.30. The van der Waals surface area contributed by atoms with E-state index in [0.29, 0.717) is 19.0 Å². The molecule has 0 aromatic carbocycles. The van der Waals surface area contributed by atoms with Gasteiger partial charge in [-0.05, 0) is 26.7 Å². The van der Waals surface area contributed by atoms with Crippen LogP contribution in [-0.4, -0.2) is 33.1 Å². The number of nitrogens with zero attached hydrogens (tertiary/aromatic N) is 4. The normalized spacial score (nSPS) is 22.3. The van der Waals surface area contributed by atoms with Crippen molar-refractivity contribution >= 4 is 17.5 Å². The Labute approximate surface area is 129 Å². The minimum Gasteiger partial charge on any atom is -0.345 e. The lowest BCUT2D eigenvalue weighted by Gasteiger charge is -2.29. The predicted molar refractivity (Wildman–Crippen MR) is 84.5 cm³/mol. The number of anilines is 1. The lowest BCUT2D eigenvalue weighted by molar-refractivity contribution is 0.330. The zero-order valence-corrected chi connectivity index (χ0v) is 13.6. The summed E-state index contributed by atoms with van der Waals surface area (Å²) in [4.78, 5) is 31.0. The van der Waals surface area contributed by atoms with Crippen LogP contribution in [0.25, 0.3) is 0 Å². The molecule has 1 aromatic rings. The summed E-state index contributed by atoms with van der Waals surface area (Å²) < 4.78 is 2.80. The van der Waals surface area contributed by atoms with Gasteiger partial charge in [-0.2, -0.15) is 4.98 Å². The molecule has 1 aliphatic rings. The Morgan fingerprint density at radius 2 is 1.95 bits per heavy atom. The van der Waals surface area contributed by atoms with E-state index in [1.165, 1.54) is 4.57 Å². The van der Waals surface area contributed by atoms with Gasteiger partial charge in [0.25, 0.3) is 0 Å². The van der Waals surface area contributed by atoms with Gasteiger partial charge >= 0.3 is 11.4 Å². The van der Waals surface area contributed by atoms with Crippen LogP contribution in [0.2, 0.25) is 0 Å². The van der Waals surface area contributed by atoms with E-state index in [9.17, 15) is 9.59 Å². The first kappa shape index (κ1) is 16.1. The van der Waals surface area contributed by atoms with Crippen molar-refractivity contribution in [2.24, 2.45) is 0 Å². The minimum atomic E-state index is -0.488. The van der Waals surface area contributed by atoms with E-state index in [1.807, 2.05) is 20.9 Å². The maximum Gasteiger partial charge on any atom is 0.355 e. The molecule has 1 heterocycles. The zero-order chi connectivity index (χ0) is 15.6. The molecule has 21 heavy (non-hydrogen) atoms. The Hall–Kier alpha value is -1.30. The number of alkyl halides is 1. The maximum absolute atomic E-state index is 12.7. The Morgan fingerprint density at radius 1 is 1.29 bits per heavy atom. The molecule has 1 fully saturated rings. The quantitative estimate of drug-likeness (QED) is 0.792. The molecule has 1 saturated carbocycles. The molecule has 0 amide bonds. The van der Waals surface area contributed by atoms with Gasteiger partial charge < -0.3 is 4.90 Å². The van der Waals surface area contributed by atoms with Crippen LogP contribution < -0.4 is 16.3 Å². The molecule has 2 rings (SSSR count). The molecule has 2 atom stereocenters. The molecule has 6 nitrogen and oxygen atoms in total. The first-order valence-electron chi connectivity index (χ1n) is 7.59. The minimum absolute atomic E-state index is 0.175. The Morgan fingerprint density at radius 3 is 2.52 bits per heavy atom. The van der Waals surface area contributed by atoms with Crippen LogP contribution in [0, 0.1) is 0 Å². The third kappa shape index (κ3) is 3.00. The highest BCUT2D eigenvalue weighted by atomic mass is 35.5. The van der Waals surface area contributed by atoms with Crippen LogP contribution in [-0.2, 0) is 6.54 Å². The molecular formula is C14H23ClN4O2. The fourth-order valence-electron chi connectivity index (χ4n) is 2.85. The summed E-state index contributed by atoms with van der Waals surface area (Å²) in [6.45, 7) is 4.99. The summed E-state index contributed by atoms with van der Waals surface area (Å²) in [5.74, 6) is 0.424. The maximum atomic E-state index is 12.7. The second-order valence-corrected chi connectivity index (χ2v) is 6.03. The second kappa shape index (κ2) is 6.64. The third-order valence-corrected chi connectivity index (χ3v) is 4.70. The summed E-state index contributed by atoms with van der Waals surface area (Å²) in [6, 6.07) is -0.244. The van der Waals surface area contributed by atoms with Crippen molar-refractivity contribution in [1.29, 1.82) is 0 Å². The van der Waals surface area contributed by atoms with Crippen LogP contribution in [0.3, 0.4) is 0 Å². The first-order valence-corrected chi connectivity index (χ1v) is 8.03. The van der Waals surface area contributed by atoms with Crippen molar-refractivity contribution in [2.75, 3.05) is 18.5 Å². The van der Waals surface area contributed by atoms with Gasteiger partial charge in [0.1, 0.15) is 0 Å². The highest BCUT2D eigenvalue weighted by Gasteiger charge is 2.29. The van der Waals surface area contributed by atoms with Gasteiger partial charge in [-0.15, -0.1) is 11.6 Å². The van der Waals surface area contributed by atoms with E-state index in [1.54, 1.807) is 9.47 Å². The van der Waals surface area contributed by atoms with Crippen LogP contribution in [0.1, 0.15) is 45.6 Å². The van der Waals surface area contributed by atoms with Crippen molar-refractivity contribution in [3.05, 3.63) is 21.0 Å². The molecule has 0 N–H and O–H groups in total. The standard InChI is InChI=1S/C14H23ClN4O2/c1-4-17(3)12-16-13(20)19(14(21)18(12)5-2)11-9-7-6-8-10(11)15/h10-11H,4-9H2,1-3H3. The number of halogens is 1. The molecular weight excluding hydrogens is 292 g/mol. The van der Waals surface area contributed by atoms with Crippen molar-refractivity contribution in [3.8, 4) is 0 Å². The summed E-state index contributed by atoms with van der Waals surface area (Å²) in [5, 5.41) is -0.175. The average molecular weight is 315 g/mol. The Kier molecular flexibility index (Phi) is 5.08. The van der Waals surface area contributed by atoms with E-state index in [0.717, 1.165) is 25.7 Å². The zero-order valence-electron chi connectivity index (χ0n) is 12.9. The van der Waals surface area contributed by atoms with Crippen LogP contribution in [0.4, 0.5) is 5.95 Å². The van der Waals surface area contributed by atoms with Crippen molar-refractivity contribution in [1.82, 2.24) is 14.1 Å². The average Bonchev–Trinajstić information content (AvgIpc) is 2.47. The van der Waals surface area contributed by atoms with Gasteiger partial charge in [0.05, 0.1) is 11.4 Å². The number of hydrogen-bond donors (Lipinski definition) is 0. The molecule has 0 saturated heterocycles. The highest BCUT2D eigenvalue weighted by molar-refractivity contribution is 6.21. The van der Waals surface area contributed by atoms with Crippen molar-refractivity contribution < 1.29 is 0 Å². The second-order valence-electron chi connectivity index (χ2n) is 5.47. The lowest BCUT2D eigenvalue weighted by Crippen LogP contribution is -2.48. The third-order valence-electron chi connectivity index (χ3n) is 4.19. The smallest absolute Gasteiger partial charge is 0.345 e. The van der Waals surface area contributed by atoms with Crippen LogP contribution >= 0.6 is 11.6 Å². The van der Waals surface area contributed by atoms with Gasteiger partial charge in [0.15, 0.2) is 0 Å². The molecule has 1 aromatic heterocycles. The summed E-state index contributed by atoms with van der Waals surface area (Å²) >= 11 is 6.34. The van der Waals surface area contributed by atoms with Gasteiger partial charge in [-0.25, -0.2) is 14.2 Å². The molecule has 0 radical (unpaired) electrons. The first-order chi connectivity index (χ1) is 10.0. The summed E-state index contributed by atoms with van der Waals surface area (Å²) in [5.41, 5.74) is -0.789. The fraction of sp³-hybridized carbons (Fsp3) is 0.786. The fourth-order valence-corrected chi connectivity index (χ4v) is 3.24. The number of rotatable bonds is 4. The largest absolute Gasteiger partial charge is 0.355 e. The molecule has 2 unspecified atom stereocenters. The topological polar surface area (TPSA) is 60.1 Å². The van der Waals surface area contributed by atoms with Gasteiger partial charge in [-0.3, -0.25) is 4.57 Å². The van der Waals surface area contributed by atoms with E-state index < -0.39 is 5.69 Å². The van der Waals surface area contributed by atoms with E-state index in [-0.39, 0.29) is 17.1 Å². The van der Waals surface area contributed by atoms with Crippen LogP contribution in [0.15, 0.2) is 9.59 Å². The number of hydrogen-bond acceptors (Lipinski definition) is 4. The van der Waals surface area contributed by atoms with E-state index in [2.05, 4.69) is 4.98 Å². The Bertz CT molecular complexity index is 610. The van der Waals surface area contributed by atoms with Gasteiger partial charge in [0.2, 0.25) is 5.95 Å². The SMILES string of the molecule is CCN(C)c1nc(=O)n(C2CCCCC2Cl)c(=O)n1CC. The van der Waals surface area contributed by atoms with Crippen molar-refractivity contribution in [3.63, 3.8) is 0 Å².